The van der Waals surface area contributed by atoms with Crippen molar-refractivity contribution in [1.29, 1.82) is 0 Å². The van der Waals surface area contributed by atoms with Crippen molar-refractivity contribution in [3.8, 4) is 17.2 Å². The molecule has 0 aromatic heterocycles. The first-order valence-electron chi connectivity index (χ1n) is 8.76. The molecule has 1 N–H and O–H groups in total. The highest BCUT2D eigenvalue weighted by Gasteiger charge is 2.43. The van der Waals surface area contributed by atoms with E-state index in [0.717, 1.165) is 42.8 Å². The van der Waals surface area contributed by atoms with Crippen molar-refractivity contribution in [2.24, 2.45) is 10.4 Å². The topological polar surface area (TPSA) is 55.3 Å². The van der Waals surface area contributed by atoms with E-state index in [4.69, 9.17) is 14.2 Å². The summed E-state index contributed by atoms with van der Waals surface area (Å²) in [5.74, 6) is 3.32. The van der Waals surface area contributed by atoms with Crippen LogP contribution in [0.3, 0.4) is 0 Å². The Morgan fingerprint density at radius 3 is 2.92 bits per heavy atom. The van der Waals surface area contributed by atoms with Crippen LogP contribution in [0.4, 0.5) is 0 Å². The third-order valence-electron chi connectivity index (χ3n) is 5.36. The fourth-order valence-electron chi connectivity index (χ4n) is 3.83. The van der Waals surface area contributed by atoms with Crippen LogP contribution >= 0.6 is 0 Å². The van der Waals surface area contributed by atoms with Gasteiger partial charge >= 0.3 is 0 Å². The summed E-state index contributed by atoms with van der Waals surface area (Å²) in [6.45, 7) is 3.86. The Bertz CT molecular complexity index is 628. The monoisotopic (exact) mass is 331 g/mol. The smallest absolute Gasteiger partial charge is 0.231 e. The maximum Gasteiger partial charge on any atom is 0.231 e. The summed E-state index contributed by atoms with van der Waals surface area (Å²) in [6.07, 6.45) is 5.46. The second-order valence-corrected chi connectivity index (χ2v) is 6.86. The quantitative estimate of drug-likeness (QED) is 0.521. The number of rotatable bonds is 4. The number of nitrogens with zero attached hydrogens (tertiary/aromatic N) is 2. The Balaban J connectivity index is 1.23. The summed E-state index contributed by atoms with van der Waals surface area (Å²) < 4.78 is 16.5. The van der Waals surface area contributed by atoms with Gasteiger partial charge in [-0.15, -0.1) is 0 Å². The van der Waals surface area contributed by atoms with Gasteiger partial charge in [0.1, 0.15) is 12.4 Å². The average molecular weight is 331 g/mol. The molecule has 2 fully saturated rings. The van der Waals surface area contributed by atoms with Crippen LogP contribution in [0.25, 0.3) is 0 Å². The van der Waals surface area contributed by atoms with Gasteiger partial charge in [0.15, 0.2) is 17.5 Å². The van der Waals surface area contributed by atoms with Crippen LogP contribution in [-0.4, -0.2) is 50.9 Å². The van der Waals surface area contributed by atoms with Gasteiger partial charge in [0, 0.05) is 26.2 Å². The molecule has 0 atom stereocenters. The lowest BCUT2D eigenvalue weighted by atomic mass is 9.68. The lowest BCUT2D eigenvalue weighted by Crippen LogP contribution is -2.43. The van der Waals surface area contributed by atoms with Crippen molar-refractivity contribution in [3.05, 3.63) is 18.2 Å². The Morgan fingerprint density at radius 2 is 2.17 bits per heavy atom. The third-order valence-corrected chi connectivity index (χ3v) is 5.36. The van der Waals surface area contributed by atoms with E-state index in [2.05, 4.69) is 15.2 Å². The molecule has 1 aliphatic carbocycles. The van der Waals surface area contributed by atoms with Gasteiger partial charge < -0.3 is 24.4 Å². The molecule has 3 aliphatic rings. The zero-order chi connectivity index (χ0) is 16.4. The van der Waals surface area contributed by atoms with E-state index >= 15 is 0 Å². The third kappa shape index (κ3) is 2.97. The second kappa shape index (κ2) is 6.42. The summed E-state index contributed by atoms with van der Waals surface area (Å²) >= 11 is 0. The molecule has 1 aromatic rings. The predicted octanol–water partition coefficient (Wildman–Crippen LogP) is 2.25. The zero-order valence-corrected chi connectivity index (χ0v) is 14.2. The van der Waals surface area contributed by atoms with E-state index in [1.165, 1.54) is 25.7 Å². The van der Waals surface area contributed by atoms with E-state index < -0.39 is 0 Å². The van der Waals surface area contributed by atoms with Crippen LogP contribution in [0.5, 0.6) is 17.2 Å². The molecule has 0 amide bonds. The van der Waals surface area contributed by atoms with E-state index in [9.17, 15) is 0 Å². The number of hydrogen-bond donors (Lipinski definition) is 1. The van der Waals surface area contributed by atoms with Crippen LogP contribution in [0.1, 0.15) is 25.7 Å². The zero-order valence-electron chi connectivity index (χ0n) is 14.2. The number of benzene rings is 1. The fourth-order valence-corrected chi connectivity index (χ4v) is 3.83. The molecule has 4 rings (SSSR count). The van der Waals surface area contributed by atoms with Gasteiger partial charge in [-0.3, -0.25) is 4.99 Å². The molecule has 0 unspecified atom stereocenters. The number of ether oxygens (including phenoxy) is 3. The maximum absolute atomic E-state index is 5.79. The van der Waals surface area contributed by atoms with Gasteiger partial charge in [0.05, 0.1) is 6.54 Å². The molecule has 24 heavy (non-hydrogen) atoms. The molecule has 1 saturated heterocycles. The second-order valence-electron chi connectivity index (χ2n) is 6.86. The van der Waals surface area contributed by atoms with Gasteiger partial charge in [-0.2, -0.15) is 0 Å². The lowest BCUT2D eigenvalue weighted by Gasteiger charge is -2.38. The normalized spacial score (nSPS) is 21.0. The van der Waals surface area contributed by atoms with Crippen molar-refractivity contribution >= 4 is 5.96 Å². The average Bonchev–Trinajstić information content (AvgIpc) is 3.21. The van der Waals surface area contributed by atoms with Crippen LogP contribution in [0, 0.1) is 5.41 Å². The van der Waals surface area contributed by atoms with Gasteiger partial charge in [-0.25, -0.2) is 0 Å². The van der Waals surface area contributed by atoms with Crippen LogP contribution < -0.4 is 19.5 Å². The number of nitrogens with one attached hydrogen (secondary N) is 1. The molecule has 6 heteroatoms. The highest BCUT2D eigenvalue weighted by Crippen LogP contribution is 2.47. The Hall–Kier alpha value is -2.11. The molecule has 0 bridgehead atoms. The Labute approximate surface area is 142 Å². The Kier molecular flexibility index (Phi) is 4.12. The Morgan fingerprint density at radius 1 is 1.29 bits per heavy atom. The maximum atomic E-state index is 5.79. The standard InChI is InChI=1S/C18H25N3O3/c1-19-17(21-9-7-18(12-21)5-2-6-18)20-8-10-22-14-3-4-15-16(11-14)24-13-23-15/h3-4,11H,2,5-10,12-13H2,1H3,(H,19,20). The minimum atomic E-state index is 0.286. The minimum Gasteiger partial charge on any atom is -0.492 e. The highest BCUT2D eigenvalue weighted by atomic mass is 16.7. The predicted molar refractivity (Wildman–Crippen MR) is 91.9 cm³/mol. The lowest BCUT2D eigenvalue weighted by molar-refractivity contribution is 0.151. The van der Waals surface area contributed by atoms with Crippen molar-refractivity contribution in [2.75, 3.05) is 40.1 Å². The molecular weight excluding hydrogens is 306 g/mol. The first-order valence-corrected chi connectivity index (χ1v) is 8.76. The number of fused-ring (bicyclic) bond motifs is 1. The van der Waals surface area contributed by atoms with E-state index in [1.807, 2.05) is 25.2 Å². The van der Waals surface area contributed by atoms with Crippen molar-refractivity contribution < 1.29 is 14.2 Å². The fraction of sp³-hybridized carbons (Fsp3) is 0.611. The number of aliphatic imine (C=N–C) groups is 1. The van der Waals surface area contributed by atoms with Crippen LogP contribution in [-0.2, 0) is 0 Å². The number of guanidine groups is 1. The largest absolute Gasteiger partial charge is 0.492 e. The number of likely N-dealkylation sites (tertiary alicyclic amines) is 1. The first kappa shape index (κ1) is 15.4. The molecular formula is C18H25N3O3. The van der Waals surface area contributed by atoms with Gasteiger partial charge in [0.2, 0.25) is 6.79 Å². The molecule has 1 aromatic carbocycles. The molecule has 6 nitrogen and oxygen atoms in total. The summed E-state index contributed by atoms with van der Waals surface area (Å²) in [4.78, 5) is 6.81. The first-order chi connectivity index (χ1) is 11.8. The van der Waals surface area contributed by atoms with E-state index in [1.54, 1.807) is 0 Å². The van der Waals surface area contributed by atoms with Crippen LogP contribution in [0.2, 0.25) is 0 Å². The van der Waals surface area contributed by atoms with E-state index in [0.29, 0.717) is 12.0 Å². The van der Waals surface area contributed by atoms with Crippen molar-refractivity contribution in [2.45, 2.75) is 25.7 Å². The van der Waals surface area contributed by atoms with Gasteiger partial charge in [-0.1, -0.05) is 6.42 Å². The molecule has 1 spiro atoms. The summed E-state index contributed by atoms with van der Waals surface area (Å²) in [5.41, 5.74) is 0.584. The minimum absolute atomic E-state index is 0.286. The SMILES string of the molecule is CN=C(NCCOc1ccc2c(c1)OCO2)N1CCC2(CCC2)C1. The summed E-state index contributed by atoms with van der Waals surface area (Å²) in [7, 11) is 1.85. The molecule has 0 radical (unpaired) electrons. The van der Waals surface area contributed by atoms with Gasteiger partial charge in [-0.05, 0) is 36.8 Å². The van der Waals surface area contributed by atoms with Crippen molar-refractivity contribution in [3.63, 3.8) is 0 Å². The van der Waals surface area contributed by atoms with Crippen LogP contribution in [0.15, 0.2) is 23.2 Å². The molecule has 130 valence electrons. The summed E-state index contributed by atoms with van der Waals surface area (Å²) in [6, 6.07) is 5.66. The molecule has 2 aliphatic heterocycles. The number of hydrogen-bond acceptors (Lipinski definition) is 4. The molecule has 2 heterocycles. The molecule has 1 saturated carbocycles. The van der Waals surface area contributed by atoms with E-state index in [-0.39, 0.29) is 6.79 Å². The summed E-state index contributed by atoms with van der Waals surface area (Å²) in [5, 5.41) is 3.41. The highest BCUT2D eigenvalue weighted by molar-refractivity contribution is 5.80. The van der Waals surface area contributed by atoms with Gasteiger partial charge in [0.25, 0.3) is 0 Å². The van der Waals surface area contributed by atoms with Crippen molar-refractivity contribution in [1.82, 2.24) is 10.2 Å².